The summed E-state index contributed by atoms with van der Waals surface area (Å²) in [5, 5.41) is 8.83. The summed E-state index contributed by atoms with van der Waals surface area (Å²) in [6.45, 7) is 2.49. The molecule has 0 saturated heterocycles. The highest BCUT2D eigenvalue weighted by Crippen LogP contribution is 2.31. The molecule has 4 nitrogen and oxygen atoms in total. The number of hydrogen-bond acceptors (Lipinski definition) is 4. The second-order valence-electron chi connectivity index (χ2n) is 6.44. The molecular formula is C21H24O4. The van der Waals surface area contributed by atoms with E-state index >= 15 is 0 Å². The Bertz CT molecular complexity index is 708. The van der Waals surface area contributed by atoms with Gasteiger partial charge in [-0.15, -0.1) is 0 Å². The maximum atomic E-state index is 12.4. The zero-order valence-corrected chi connectivity index (χ0v) is 14.5. The summed E-state index contributed by atoms with van der Waals surface area (Å²) in [7, 11) is 0. The first-order valence-corrected chi connectivity index (χ1v) is 8.79. The molecule has 1 heterocycles. The van der Waals surface area contributed by atoms with Gasteiger partial charge >= 0.3 is 0 Å². The average molecular weight is 340 g/mol. The third kappa shape index (κ3) is 4.27. The summed E-state index contributed by atoms with van der Waals surface area (Å²) >= 11 is 0. The summed E-state index contributed by atoms with van der Waals surface area (Å²) < 4.78 is 11.7. The Kier molecular flexibility index (Phi) is 5.84. The number of ketones is 1. The highest BCUT2D eigenvalue weighted by Gasteiger charge is 2.34. The summed E-state index contributed by atoms with van der Waals surface area (Å²) in [4.78, 5) is 12.4. The lowest BCUT2D eigenvalue weighted by molar-refractivity contribution is -0.115. The molecule has 25 heavy (non-hydrogen) atoms. The number of aliphatic hydroxyl groups excluding tert-OH is 1. The number of unbranched alkanes of at least 4 members (excludes halogenated alkanes) is 1. The molecule has 3 rings (SSSR count). The van der Waals surface area contributed by atoms with Crippen LogP contribution in [0.4, 0.5) is 0 Å². The third-order valence-corrected chi connectivity index (χ3v) is 4.53. The van der Waals surface area contributed by atoms with Gasteiger partial charge in [-0.25, -0.2) is 0 Å². The lowest BCUT2D eigenvalue weighted by atomic mass is 9.95. The molecule has 0 fully saturated rings. The number of fused-ring (bicyclic) bond motifs is 1. The molecule has 0 aromatic heterocycles. The van der Waals surface area contributed by atoms with Crippen LogP contribution in [0.2, 0.25) is 0 Å². The Morgan fingerprint density at radius 2 is 1.76 bits per heavy atom. The van der Waals surface area contributed by atoms with E-state index in [2.05, 4.69) is 12.1 Å². The lowest BCUT2D eigenvalue weighted by Crippen LogP contribution is -2.37. The normalized spacial score (nSPS) is 19.4. The third-order valence-electron chi connectivity index (χ3n) is 4.53. The largest absolute Gasteiger partial charge is 0.463 e. The predicted octanol–water partition coefficient (Wildman–Crippen LogP) is 3.76. The molecule has 0 spiro atoms. The van der Waals surface area contributed by atoms with Crippen LogP contribution in [0.1, 0.15) is 41.3 Å². The highest BCUT2D eigenvalue weighted by atomic mass is 16.7. The van der Waals surface area contributed by atoms with Crippen LogP contribution in [-0.4, -0.2) is 23.8 Å². The predicted molar refractivity (Wildman–Crippen MR) is 95.6 cm³/mol. The van der Waals surface area contributed by atoms with E-state index in [0.717, 1.165) is 24.8 Å². The van der Waals surface area contributed by atoms with Crippen LogP contribution in [-0.2, 0) is 17.8 Å². The molecule has 0 radical (unpaired) electrons. The monoisotopic (exact) mass is 340 g/mol. The molecule has 0 bridgehead atoms. The van der Waals surface area contributed by atoms with E-state index in [4.69, 9.17) is 14.6 Å². The first-order valence-electron chi connectivity index (χ1n) is 8.79. The van der Waals surface area contributed by atoms with Crippen LogP contribution < -0.4 is 4.74 Å². The molecule has 2 aromatic rings. The van der Waals surface area contributed by atoms with Crippen molar-refractivity contribution in [3.63, 3.8) is 0 Å². The molecule has 1 N–H and O–H groups in total. The SMILES string of the molecule is CC1C(=O)c2ccccc2OC1OCc1ccc(CCCCO)cc1. The number of Topliss-reactive ketones (excluding diaryl/α,β-unsaturated/α-hetero) is 1. The molecule has 0 amide bonds. The first kappa shape index (κ1) is 17.6. The zero-order valence-electron chi connectivity index (χ0n) is 14.5. The molecule has 2 aromatic carbocycles. The topological polar surface area (TPSA) is 55.8 Å². The number of aryl methyl sites for hydroxylation is 1. The fraction of sp³-hybridized carbons (Fsp3) is 0.381. The van der Waals surface area contributed by atoms with E-state index in [1.807, 2.05) is 31.2 Å². The minimum atomic E-state index is -0.563. The van der Waals surface area contributed by atoms with Crippen molar-refractivity contribution in [1.82, 2.24) is 0 Å². The number of rotatable bonds is 7. The fourth-order valence-electron chi connectivity index (χ4n) is 2.97. The van der Waals surface area contributed by atoms with Crippen LogP contribution in [0, 0.1) is 5.92 Å². The molecule has 4 heteroatoms. The van der Waals surface area contributed by atoms with Crippen molar-refractivity contribution in [2.75, 3.05) is 6.61 Å². The van der Waals surface area contributed by atoms with Crippen LogP contribution >= 0.6 is 0 Å². The van der Waals surface area contributed by atoms with Crippen LogP contribution in [0.3, 0.4) is 0 Å². The Labute approximate surface area is 148 Å². The van der Waals surface area contributed by atoms with E-state index in [1.54, 1.807) is 12.1 Å². The van der Waals surface area contributed by atoms with Gasteiger partial charge in [0.05, 0.1) is 18.1 Å². The number of carbonyl (C=O) groups is 1. The molecule has 0 saturated carbocycles. The number of hydrogen-bond donors (Lipinski definition) is 1. The number of para-hydroxylation sites is 1. The molecule has 1 aliphatic heterocycles. The van der Waals surface area contributed by atoms with E-state index in [-0.39, 0.29) is 18.3 Å². The molecule has 2 atom stereocenters. The second-order valence-corrected chi connectivity index (χ2v) is 6.44. The minimum Gasteiger partial charge on any atom is -0.463 e. The highest BCUT2D eigenvalue weighted by molar-refractivity contribution is 6.01. The Morgan fingerprint density at radius 1 is 1.04 bits per heavy atom. The second kappa shape index (κ2) is 8.28. The van der Waals surface area contributed by atoms with Gasteiger partial charge < -0.3 is 14.6 Å². The lowest BCUT2D eigenvalue weighted by Gasteiger charge is -2.30. The van der Waals surface area contributed by atoms with Crippen LogP contribution in [0.15, 0.2) is 48.5 Å². The Balaban J connectivity index is 1.57. The Hall–Kier alpha value is -2.17. The van der Waals surface area contributed by atoms with Crippen molar-refractivity contribution in [3.8, 4) is 5.75 Å². The number of ether oxygens (including phenoxy) is 2. The fourth-order valence-corrected chi connectivity index (χ4v) is 2.97. The van der Waals surface area contributed by atoms with E-state index in [0.29, 0.717) is 17.9 Å². The van der Waals surface area contributed by atoms with Gasteiger partial charge in [0.15, 0.2) is 5.78 Å². The minimum absolute atomic E-state index is 0.0612. The first-order chi connectivity index (χ1) is 12.2. The van der Waals surface area contributed by atoms with Gasteiger partial charge in [-0.3, -0.25) is 4.79 Å². The van der Waals surface area contributed by atoms with Crippen molar-refractivity contribution >= 4 is 5.78 Å². The van der Waals surface area contributed by atoms with Gasteiger partial charge in [-0.05, 0) is 49.4 Å². The molecule has 132 valence electrons. The molecule has 1 aliphatic rings. The summed E-state index contributed by atoms with van der Waals surface area (Å²) in [5.41, 5.74) is 2.93. The van der Waals surface area contributed by atoms with Gasteiger partial charge in [-0.2, -0.15) is 0 Å². The van der Waals surface area contributed by atoms with Crippen molar-refractivity contribution < 1.29 is 19.4 Å². The van der Waals surface area contributed by atoms with Crippen molar-refractivity contribution in [1.29, 1.82) is 0 Å². The maximum absolute atomic E-state index is 12.4. The van der Waals surface area contributed by atoms with Crippen LogP contribution in [0.5, 0.6) is 5.75 Å². The quantitative estimate of drug-likeness (QED) is 0.780. The number of benzene rings is 2. The van der Waals surface area contributed by atoms with E-state index < -0.39 is 6.29 Å². The van der Waals surface area contributed by atoms with Gasteiger partial charge in [-0.1, -0.05) is 36.4 Å². The van der Waals surface area contributed by atoms with Crippen molar-refractivity contribution in [2.45, 2.75) is 39.1 Å². The van der Waals surface area contributed by atoms with Gasteiger partial charge in [0.2, 0.25) is 6.29 Å². The number of aliphatic hydroxyl groups is 1. The summed E-state index contributed by atoms with van der Waals surface area (Å²) in [6.07, 6.45) is 2.22. The molecule has 2 unspecified atom stereocenters. The standard InChI is InChI=1S/C21H24O4/c1-15-20(23)18-7-2-3-8-19(18)25-21(15)24-14-17-11-9-16(10-12-17)6-4-5-13-22/h2-3,7-12,15,21-22H,4-6,13-14H2,1H3. The van der Waals surface area contributed by atoms with E-state index in [9.17, 15) is 4.79 Å². The van der Waals surface area contributed by atoms with Crippen molar-refractivity contribution in [3.05, 3.63) is 65.2 Å². The average Bonchev–Trinajstić information content (AvgIpc) is 2.65. The van der Waals surface area contributed by atoms with Crippen molar-refractivity contribution in [2.24, 2.45) is 5.92 Å². The molecular weight excluding hydrogens is 316 g/mol. The van der Waals surface area contributed by atoms with E-state index in [1.165, 1.54) is 5.56 Å². The van der Waals surface area contributed by atoms with Gasteiger partial charge in [0, 0.05) is 6.61 Å². The van der Waals surface area contributed by atoms with Gasteiger partial charge in [0.25, 0.3) is 0 Å². The van der Waals surface area contributed by atoms with Gasteiger partial charge in [0.1, 0.15) is 5.75 Å². The summed E-state index contributed by atoms with van der Waals surface area (Å²) in [6, 6.07) is 15.5. The zero-order chi connectivity index (χ0) is 17.6. The molecule has 0 aliphatic carbocycles. The smallest absolute Gasteiger partial charge is 0.210 e. The van der Waals surface area contributed by atoms with Crippen LogP contribution in [0.25, 0.3) is 0 Å². The summed E-state index contributed by atoms with van der Waals surface area (Å²) in [5.74, 6) is 0.327. The number of carbonyl (C=O) groups excluding carboxylic acids is 1. The Morgan fingerprint density at radius 3 is 2.52 bits per heavy atom. The maximum Gasteiger partial charge on any atom is 0.210 e.